The van der Waals surface area contributed by atoms with Gasteiger partial charge in [0.1, 0.15) is 5.82 Å². The number of halogens is 1. The Balaban J connectivity index is 2.51. The van der Waals surface area contributed by atoms with Crippen molar-refractivity contribution in [1.29, 1.82) is 0 Å². The van der Waals surface area contributed by atoms with Gasteiger partial charge < -0.3 is 10.4 Å². The third kappa shape index (κ3) is 2.83. The molecule has 8 nitrogen and oxygen atoms in total. The molecule has 1 aromatic heterocycles. The summed E-state index contributed by atoms with van der Waals surface area (Å²) in [6, 6.07) is 2.01. The zero-order valence-electron chi connectivity index (χ0n) is 9.95. The number of aryl methyl sites for hydroxylation is 1. The Hall–Kier alpha value is -2.26. The molecule has 0 spiro atoms. The number of non-ortho nitro benzene ring substituents is 1. The lowest BCUT2D eigenvalue weighted by Crippen LogP contribution is -2.05. The number of benzene rings is 1. The van der Waals surface area contributed by atoms with Crippen LogP contribution in [0.2, 0.25) is 5.02 Å². The first-order valence-corrected chi connectivity index (χ1v) is 6.32. The first-order chi connectivity index (χ1) is 9.38. The van der Waals surface area contributed by atoms with E-state index in [4.69, 9.17) is 16.7 Å². The Morgan fingerprint density at radius 2 is 2.25 bits per heavy atom. The molecular formula is C10H7ClN4O4S. The van der Waals surface area contributed by atoms with Gasteiger partial charge in [-0.15, -0.1) is 0 Å². The summed E-state index contributed by atoms with van der Waals surface area (Å²) in [5.41, 5.74) is -0.663. The van der Waals surface area contributed by atoms with Crippen LogP contribution in [0.3, 0.4) is 0 Å². The monoisotopic (exact) mass is 314 g/mol. The van der Waals surface area contributed by atoms with Crippen molar-refractivity contribution >= 4 is 45.6 Å². The highest BCUT2D eigenvalue weighted by atomic mass is 35.5. The van der Waals surface area contributed by atoms with Gasteiger partial charge in [0.2, 0.25) is 5.13 Å². The Morgan fingerprint density at radius 3 is 2.75 bits per heavy atom. The summed E-state index contributed by atoms with van der Waals surface area (Å²) in [4.78, 5) is 25.2. The normalized spacial score (nSPS) is 10.3. The van der Waals surface area contributed by atoms with Crippen molar-refractivity contribution in [3.05, 3.63) is 38.7 Å². The Labute approximate surface area is 121 Å². The van der Waals surface area contributed by atoms with Crippen LogP contribution in [0, 0.1) is 17.0 Å². The number of nitro benzene ring substituents is 1. The lowest BCUT2D eigenvalue weighted by molar-refractivity contribution is -0.384. The molecule has 0 unspecified atom stereocenters. The molecule has 2 aromatic rings. The molecule has 0 radical (unpaired) electrons. The second-order valence-corrected chi connectivity index (χ2v) is 4.84. The standard InChI is InChI=1S/C10H7ClN4O4S/c1-4-12-10(20-14-4)13-8-6(9(16)17)2-5(15(18)19)3-7(8)11/h2-3H,1H3,(H,16,17)(H,12,13,14). The topological polar surface area (TPSA) is 118 Å². The molecule has 0 aliphatic heterocycles. The van der Waals surface area contributed by atoms with Gasteiger partial charge in [-0.3, -0.25) is 10.1 Å². The van der Waals surface area contributed by atoms with E-state index in [-0.39, 0.29) is 16.3 Å². The van der Waals surface area contributed by atoms with E-state index in [2.05, 4.69) is 14.7 Å². The molecule has 0 atom stereocenters. The van der Waals surface area contributed by atoms with E-state index in [1.807, 2.05) is 0 Å². The molecule has 104 valence electrons. The lowest BCUT2D eigenvalue weighted by Gasteiger charge is -2.08. The molecule has 0 bridgehead atoms. The van der Waals surface area contributed by atoms with Crippen molar-refractivity contribution in [2.75, 3.05) is 5.32 Å². The zero-order valence-corrected chi connectivity index (χ0v) is 11.5. The Bertz CT molecular complexity index is 703. The second kappa shape index (κ2) is 5.39. The molecule has 2 N–H and O–H groups in total. The predicted molar refractivity (Wildman–Crippen MR) is 73.0 cm³/mol. The molecule has 1 aromatic carbocycles. The van der Waals surface area contributed by atoms with Crippen molar-refractivity contribution in [2.24, 2.45) is 0 Å². The summed E-state index contributed by atoms with van der Waals surface area (Å²) in [7, 11) is 0. The number of carboxylic acid groups (broad SMARTS) is 1. The molecular weight excluding hydrogens is 308 g/mol. The van der Waals surface area contributed by atoms with Gasteiger partial charge >= 0.3 is 5.97 Å². The largest absolute Gasteiger partial charge is 0.478 e. The van der Waals surface area contributed by atoms with E-state index in [9.17, 15) is 14.9 Å². The zero-order chi connectivity index (χ0) is 14.9. The van der Waals surface area contributed by atoms with Crippen LogP contribution >= 0.6 is 23.1 Å². The third-order valence-electron chi connectivity index (χ3n) is 2.28. The second-order valence-electron chi connectivity index (χ2n) is 3.68. The quantitative estimate of drug-likeness (QED) is 0.657. The highest BCUT2D eigenvalue weighted by Crippen LogP contribution is 2.33. The van der Waals surface area contributed by atoms with Crippen LogP contribution in [0.5, 0.6) is 0 Å². The molecule has 0 fully saturated rings. The van der Waals surface area contributed by atoms with Crippen LogP contribution in [-0.2, 0) is 0 Å². The van der Waals surface area contributed by atoms with Crippen molar-refractivity contribution in [3.8, 4) is 0 Å². The van der Waals surface area contributed by atoms with Crippen LogP contribution < -0.4 is 5.32 Å². The molecule has 0 amide bonds. The van der Waals surface area contributed by atoms with E-state index in [1.54, 1.807) is 6.92 Å². The van der Waals surface area contributed by atoms with Gasteiger partial charge in [0.05, 0.1) is 21.2 Å². The number of nitrogens with zero attached hydrogens (tertiary/aromatic N) is 3. The van der Waals surface area contributed by atoms with Crippen molar-refractivity contribution in [2.45, 2.75) is 6.92 Å². The van der Waals surface area contributed by atoms with E-state index in [0.717, 1.165) is 23.7 Å². The number of nitro groups is 1. The maximum atomic E-state index is 11.2. The number of hydrogen-bond acceptors (Lipinski definition) is 7. The van der Waals surface area contributed by atoms with Gasteiger partial charge in [-0.2, -0.15) is 4.37 Å². The third-order valence-corrected chi connectivity index (χ3v) is 3.30. The predicted octanol–water partition coefficient (Wildman–Crippen LogP) is 2.85. The Morgan fingerprint density at radius 1 is 1.55 bits per heavy atom. The highest BCUT2D eigenvalue weighted by Gasteiger charge is 2.21. The van der Waals surface area contributed by atoms with E-state index in [1.165, 1.54) is 0 Å². The van der Waals surface area contributed by atoms with E-state index in [0.29, 0.717) is 11.0 Å². The molecule has 0 saturated heterocycles. The molecule has 0 aliphatic rings. The summed E-state index contributed by atoms with van der Waals surface area (Å²) >= 11 is 6.93. The SMILES string of the molecule is Cc1nsc(Nc2c(Cl)cc([N+](=O)[O-])cc2C(=O)O)n1. The minimum Gasteiger partial charge on any atom is -0.478 e. The van der Waals surface area contributed by atoms with E-state index < -0.39 is 16.6 Å². The van der Waals surface area contributed by atoms with Crippen molar-refractivity contribution in [3.63, 3.8) is 0 Å². The minimum atomic E-state index is -1.33. The van der Waals surface area contributed by atoms with E-state index >= 15 is 0 Å². The number of anilines is 2. The number of nitrogens with one attached hydrogen (secondary N) is 1. The molecule has 20 heavy (non-hydrogen) atoms. The molecule has 0 saturated carbocycles. The number of hydrogen-bond donors (Lipinski definition) is 2. The summed E-state index contributed by atoms with van der Waals surface area (Å²) in [5.74, 6) is -0.813. The number of carboxylic acids is 1. The maximum Gasteiger partial charge on any atom is 0.338 e. The van der Waals surface area contributed by atoms with Gasteiger partial charge in [-0.1, -0.05) is 11.6 Å². The first kappa shape index (κ1) is 14.2. The Kier molecular flexibility index (Phi) is 3.81. The van der Waals surface area contributed by atoms with Crippen LogP contribution in [0.25, 0.3) is 0 Å². The molecule has 1 heterocycles. The van der Waals surface area contributed by atoms with Gasteiger partial charge in [0.15, 0.2) is 0 Å². The highest BCUT2D eigenvalue weighted by molar-refractivity contribution is 7.09. The van der Waals surface area contributed by atoms with Crippen LogP contribution in [0.15, 0.2) is 12.1 Å². The summed E-state index contributed by atoms with van der Waals surface area (Å²) in [6.07, 6.45) is 0. The van der Waals surface area contributed by atoms with Crippen molar-refractivity contribution < 1.29 is 14.8 Å². The van der Waals surface area contributed by atoms with Crippen LogP contribution in [0.1, 0.15) is 16.2 Å². The van der Waals surface area contributed by atoms with Gasteiger partial charge in [0, 0.05) is 23.7 Å². The number of rotatable bonds is 4. The van der Waals surface area contributed by atoms with Crippen molar-refractivity contribution in [1.82, 2.24) is 9.36 Å². The maximum absolute atomic E-state index is 11.2. The number of aromatic nitrogens is 2. The minimum absolute atomic E-state index is 0.0425. The van der Waals surface area contributed by atoms with Gasteiger partial charge in [-0.25, -0.2) is 9.78 Å². The summed E-state index contributed by atoms with van der Waals surface area (Å²) < 4.78 is 3.93. The fraction of sp³-hybridized carbons (Fsp3) is 0.100. The smallest absolute Gasteiger partial charge is 0.338 e. The average molecular weight is 315 g/mol. The average Bonchev–Trinajstić information content (AvgIpc) is 2.76. The fourth-order valence-corrected chi connectivity index (χ4v) is 2.29. The lowest BCUT2D eigenvalue weighted by atomic mass is 10.1. The van der Waals surface area contributed by atoms with Crippen LogP contribution in [-0.4, -0.2) is 25.4 Å². The number of aromatic carboxylic acids is 1. The molecule has 0 aliphatic carbocycles. The fourth-order valence-electron chi connectivity index (χ4n) is 1.45. The van der Waals surface area contributed by atoms with Gasteiger partial charge in [0.25, 0.3) is 5.69 Å². The first-order valence-electron chi connectivity index (χ1n) is 5.17. The summed E-state index contributed by atoms with van der Waals surface area (Å²) in [6.45, 7) is 1.68. The molecule has 10 heteroatoms. The molecule has 2 rings (SSSR count). The summed E-state index contributed by atoms with van der Waals surface area (Å²) in [5, 5.41) is 22.8. The van der Waals surface area contributed by atoms with Gasteiger partial charge in [-0.05, 0) is 6.92 Å². The van der Waals surface area contributed by atoms with Crippen LogP contribution in [0.4, 0.5) is 16.5 Å². The number of carbonyl (C=O) groups is 1.